The van der Waals surface area contributed by atoms with E-state index in [1.807, 2.05) is 21.6 Å². The van der Waals surface area contributed by atoms with Gasteiger partial charge in [0.2, 0.25) is 11.8 Å². The lowest BCUT2D eigenvalue weighted by Crippen LogP contribution is -2.39. The highest BCUT2D eigenvalue weighted by Gasteiger charge is 2.16. The molecule has 1 saturated heterocycles. The van der Waals surface area contributed by atoms with Crippen LogP contribution in [0.1, 0.15) is 55.8 Å². The van der Waals surface area contributed by atoms with Crippen molar-refractivity contribution in [2.24, 2.45) is 0 Å². The number of aromatic hydroxyl groups is 1. The van der Waals surface area contributed by atoms with E-state index in [1.165, 1.54) is 31.6 Å². The summed E-state index contributed by atoms with van der Waals surface area (Å²) >= 11 is 0. The third-order valence-corrected chi connectivity index (χ3v) is 8.10. The average molecular weight is 468 g/mol. The summed E-state index contributed by atoms with van der Waals surface area (Å²) in [5, 5.41) is 16.1. The molecule has 1 aliphatic rings. The monoisotopic (exact) mass is 467 g/mol. The number of unbranched alkanes of at least 4 members (excludes halogenated alkanes) is 1. The lowest BCUT2D eigenvalue weighted by Gasteiger charge is -2.21. The Hall–Kier alpha value is -1.87. The molecule has 1 unspecified atom stereocenters. The number of phenolic OH excluding ortho intramolecular Hbond substituents is 1. The Bertz CT molecular complexity index is 726. The van der Waals surface area contributed by atoms with E-state index in [0.717, 1.165) is 18.1 Å². The predicted octanol–water partition coefficient (Wildman–Crippen LogP) is 3.19. The maximum Gasteiger partial charge on any atom is 0.255 e. The number of para-hydroxylation sites is 1. The van der Waals surface area contributed by atoms with Crippen molar-refractivity contribution in [2.45, 2.75) is 50.7 Å². The predicted molar refractivity (Wildman–Crippen MR) is 127 cm³/mol. The Kier molecular flexibility index (Phi) is 11.7. The molecule has 31 heavy (non-hydrogen) atoms. The molecule has 3 amide bonds. The van der Waals surface area contributed by atoms with Gasteiger partial charge in [-0.15, -0.1) is 0 Å². The molecule has 7 nitrogen and oxygen atoms in total. The summed E-state index contributed by atoms with van der Waals surface area (Å²) in [6.07, 6.45) is 5.71. The Morgan fingerprint density at radius 2 is 1.90 bits per heavy atom. The maximum atomic E-state index is 12.1. The smallest absolute Gasteiger partial charge is 0.255 e. The summed E-state index contributed by atoms with van der Waals surface area (Å²) in [5.74, 6) is 0.786. The van der Waals surface area contributed by atoms with Crippen LogP contribution in [0.3, 0.4) is 0 Å². The van der Waals surface area contributed by atoms with Gasteiger partial charge in [0.1, 0.15) is 5.75 Å². The minimum atomic E-state index is -0.376. The molecule has 1 fully saturated rings. The molecule has 172 valence electrons. The fourth-order valence-electron chi connectivity index (χ4n) is 3.30. The first-order chi connectivity index (χ1) is 15.0. The Morgan fingerprint density at radius 3 is 2.61 bits per heavy atom. The van der Waals surface area contributed by atoms with Gasteiger partial charge in [-0.05, 0) is 37.8 Å². The number of nitrogens with one attached hydrogen (secondary N) is 2. The molecule has 0 aliphatic carbocycles. The van der Waals surface area contributed by atoms with Crippen LogP contribution in [0.5, 0.6) is 5.75 Å². The van der Waals surface area contributed by atoms with Crippen LogP contribution in [0.4, 0.5) is 0 Å². The quantitative estimate of drug-likeness (QED) is 0.304. The van der Waals surface area contributed by atoms with Crippen LogP contribution in [0, 0.1) is 0 Å². The van der Waals surface area contributed by atoms with Gasteiger partial charge in [0.25, 0.3) is 5.91 Å². The standard InChI is InChI=1S/C22H33N3O4S2/c1-17(26)25(15-13-24-22(29)19-8-3-4-9-20(19)27)14-6-12-23-21(28)10-5-2-7-18-11-16-30-31-18/h3-4,8-9,18,27H,2,5-7,10-16H2,1H3,(H,23,28)(H,24,29). The molecule has 1 aromatic rings. The number of hydrogen-bond donors (Lipinski definition) is 3. The zero-order chi connectivity index (χ0) is 22.5. The molecule has 1 heterocycles. The number of hydrogen-bond acceptors (Lipinski definition) is 6. The fraction of sp³-hybridized carbons (Fsp3) is 0.591. The highest BCUT2D eigenvalue weighted by Crippen LogP contribution is 2.39. The summed E-state index contributed by atoms with van der Waals surface area (Å²) in [4.78, 5) is 37.6. The van der Waals surface area contributed by atoms with Crippen molar-refractivity contribution in [3.05, 3.63) is 29.8 Å². The zero-order valence-corrected chi connectivity index (χ0v) is 19.7. The van der Waals surface area contributed by atoms with E-state index in [2.05, 4.69) is 10.6 Å². The first kappa shape index (κ1) is 25.4. The minimum absolute atomic E-state index is 0.0674. The van der Waals surface area contributed by atoms with Gasteiger partial charge in [-0.3, -0.25) is 14.4 Å². The van der Waals surface area contributed by atoms with Gasteiger partial charge >= 0.3 is 0 Å². The van der Waals surface area contributed by atoms with E-state index in [1.54, 1.807) is 23.1 Å². The number of carbonyl (C=O) groups excluding carboxylic acids is 3. The molecule has 2 rings (SSSR count). The molecule has 0 bridgehead atoms. The van der Waals surface area contributed by atoms with Crippen molar-refractivity contribution in [1.29, 1.82) is 0 Å². The number of amides is 3. The summed E-state index contributed by atoms with van der Waals surface area (Å²) in [5.41, 5.74) is 0.209. The average Bonchev–Trinajstić information content (AvgIpc) is 3.26. The number of phenols is 1. The molecule has 9 heteroatoms. The van der Waals surface area contributed by atoms with Gasteiger partial charge in [0.15, 0.2) is 0 Å². The first-order valence-corrected chi connectivity index (χ1v) is 13.2. The highest BCUT2D eigenvalue weighted by molar-refractivity contribution is 8.77. The molecule has 0 spiro atoms. The SMILES string of the molecule is CC(=O)N(CCCNC(=O)CCCCC1CCSS1)CCNC(=O)c1ccccc1O. The number of rotatable bonds is 13. The topological polar surface area (TPSA) is 98.7 Å². The normalized spacial score (nSPS) is 15.5. The third kappa shape index (κ3) is 9.86. The van der Waals surface area contributed by atoms with Gasteiger partial charge in [-0.25, -0.2) is 0 Å². The van der Waals surface area contributed by atoms with E-state index < -0.39 is 0 Å². The van der Waals surface area contributed by atoms with E-state index in [-0.39, 0.29) is 35.6 Å². The maximum absolute atomic E-state index is 12.1. The molecular formula is C22H33N3O4S2. The molecular weight excluding hydrogens is 434 g/mol. The van der Waals surface area contributed by atoms with Gasteiger partial charge in [-0.1, -0.05) is 40.1 Å². The second kappa shape index (κ2) is 14.2. The van der Waals surface area contributed by atoms with Crippen molar-refractivity contribution >= 4 is 39.3 Å². The molecule has 3 N–H and O–H groups in total. The van der Waals surface area contributed by atoms with Crippen LogP contribution < -0.4 is 10.6 Å². The zero-order valence-electron chi connectivity index (χ0n) is 18.1. The Labute approximate surface area is 192 Å². The fourth-order valence-corrected chi connectivity index (χ4v) is 6.33. The summed E-state index contributed by atoms with van der Waals surface area (Å²) < 4.78 is 0. The van der Waals surface area contributed by atoms with Crippen molar-refractivity contribution in [2.75, 3.05) is 31.9 Å². The number of nitrogens with zero attached hydrogens (tertiary/aromatic N) is 1. The van der Waals surface area contributed by atoms with Crippen molar-refractivity contribution in [1.82, 2.24) is 15.5 Å². The van der Waals surface area contributed by atoms with Crippen molar-refractivity contribution < 1.29 is 19.5 Å². The lowest BCUT2D eigenvalue weighted by atomic mass is 10.1. The molecule has 0 radical (unpaired) electrons. The van der Waals surface area contributed by atoms with Crippen LogP contribution in [-0.2, 0) is 9.59 Å². The van der Waals surface area contributed by atoms with Gasteiger partial charge in [0.05, 0.1) is 5.56 Å². The van der Waals surface area contributed by atoms with E-state index >= 15 is 0 Å². The molecule has 1 aromatic carbocycles. The van der Waals surface area contributed by atoms with Crippen molar-refractivity contribution in [3.63, 3.8) is 0 Å². The van der Waals surface area contributed by atoms with Gasteiger partial charge in [0, 0.05) is 50.5 Å². The second-order valence-electron chi connectivity index (χ2n) is 7.56. The van der Waals surface area contributed by atoms with E-state index in [9.17, 15) is 19.5 Å². The second-order valence-corrected chi connectivity index (χ2v) is 10.3. The Balaban J connectivity index is 1.55. The molecule has 0 saturated carbocycles. The van der Waals surface area contributed by atoms with Gasteiger partial charge < -0.3 is 20.6 Å². The van der Waals surface area contributed by atoms with E-state index in [4.69, 9.17) is 0 Å². The van der Waals surface area contributed by atoms with Crippen LogP contribution in [0.25, 0.3) is 0 Å². The van der Waals surface area contributed by atoms with Crippen LogP contribution in [0.15, 0.2) is 24.3 Å². The van der Waals surface area contributed by atoms with Crippen LogP contribution in [0.2, 0.25) is 0 Å². The minimum Gasteiger partial charge on any atom is -0.507 e. The summed E-state index contributed by atoms with van der Waals surface area (Å²) in [7, 11) is 3.93. The molecule has 1 aliphatic heterocycles. The van der Waals surface area contributed by atoms with E-state index in [0.29, 0.717) is 32.5 Å². The summed E-state index contributed by atoms with van der Waals surface area (Å²) in [6.45, 7) is 3.20. The van der Waals surface area contributed by atoms with Crippen LogP contribution in [-0.4, -0.2) is 64.9 Å². The lowest BCUT2D eigenvalue weighted by molar-refractivity contribution is -0.128. The van der Waals surface area contributed by atoms with Crippen LogP contribution >= 0.6 is 21.6 Å². The third-order valence-electron chi connectivity index (χ3n) is 5.10. The molecule has 1 atom stereocenters. The first-order valence-electron chi connectivity index (χ1n) is 10.8. The number of carbonyl (C=O) groups is 3. The van der Waals surface area contributed by atoms with Crippen molar-refractivity contribution in [3.8, 4) is 5.75 Å². The summed E-state index contributed by atoms with van der Waals surface area (Å²) in [6, 6.07) is 6.33. The van der Waals surface area contributed by atoms with Gasteiger partial charge in [-0.2, -0.15) is 0 Å². The number of benzene rings is 1. The highest BCUT2D eigenvalue weighted by atomic mass is 33.1. The largest absolute Gasteiger partial charge is 0.507 e. The Morgan fingerprint density at radius 1 is 1.10 bits per heavy atom. The molecule has 0 aromatic heterocycles.